The first-order valence-corrected chi connectivity index (χ1v) is 8.52. The number of rotatable bonds is 4. The van der Waals surface area contributed by atoms with Crippen LogP contribution in [0, 0.1) is 5.92 Å². The fraction of sp³-hybridized carbons (Fsp3) is 0.500. The van der Waals surface area contributed by atoms with Gasteiger partial charge in [0.25, 0.3) is 0 Å². The van der Waals surface area contributed by atoms with Gasteiger partial charge in [0.1, 0.15) is 17.3 Å². The SMILES string of the molecule is CC(C)(C)OC(=O)C(C=C1CCCCC1)C(=O)c1ccccc1O. The summed E-state index contributed by atoms with van der Waals surface area (Å²) < 4.78 is 5.44. The van der Waals surface area contributed by atoms with Crippen LogP contribution in [-0.2, 0) is 9.53 Å². The van der Waals surface area contributed by atoms with Crippen molar-refractivity contribution >= 4 is 11.8 Å². The highest BCUT2D eigenvalue weighted by atomic mass is 16.6. The normalized spacial score (nSPS) is 16.4. The lowest BCUT2D eigenvalue weighted by Crippen LogP contribution is -2.32. The molecular weight excluding hydrogens is 304 g/mol. The van der Waals surface area contributed by atoms with Gasteiger partial charge >= 0.3 is 5.97 Å². The molecule has 1 aromatic rings. The molecule has 1 fully saturated rings. The molecule has 1 aromatic carbocycles. The van der Waals surface area contributed by atoms with Crippen molar-refractivity contribution < 1.29 is 19.4 Å². The van der Waals surface area contributed by atoms with Gasteiger partial charge in [0.2, 0.25) is 0 Å². The molecule has 4 nitrogen and oxygen atoms in total. The van der Waals surface area contributed by atoms with Gasteiger partial charge in [-0.05, 0) is 58.6 Å². The summed E-state index contributed by atoms with van der Waals surface area (Å²) in [5.74, 6) is -2.10. The fourth-order valence-corrected chi connectivity index (χ4v) is 2.87. The van der Waals surface area contributed by atoms with Crippen LogP contribution in [0.1, 0.15) is 63.2 Å². The summed E-state index contributed by atoms with van der Waals surface area (Å²) >= 11 is 0. The van der Waals surface area contributed by atoms with E-state index in [2.05, 4.69) is 0 Å². The van der Waals surface area contributed by atoms with Crippen LogP contribution in [0.4, 0.5) is 0 Å². The second-order valence-electron chi connectivity index (χ2n) is 7.28. The van der Waals surface area contributed by atoms with Crippen molar-refractivity contribution in [1.82, 2.24) is 0 Å². The molecule has 0 saturated heterocycles. The maximum Gasteiger partial charge on any atom is 0.321 e. The number of para-hydroxylation sites is 1. The number of esters is 1. The molecule has 0 aromatic heterocycles. The standard InChI is InChI=1S/C20H26O4/c1-20(2,3)24-19(23)16(13-14-9-5-4-6-10-14)18(22)15-11-7-8-12-17(15)21/h7-8,11-13,16,21H,4-6,9-10H2,1-3H3. The van der Waals surface area contributed by atoms with Crippen LogP contribution in [0.5, 0.6) is 5.75 Å². The van der Waals surface area contributed by atoms with E-state index in [4.69, 9.17) is 4.74 Å². The average Bonchev–Trinajstić information content (AvgIpc) is 2.52. The summed E-state index contributed by atoms with van der Waals surface area (Å²) in [6.07, 6.45) is 6.92. The molecule has 24 heavy (non-hydrogen) atoms. The Balaban J connectivity index is 2.33. The van der Waals surface area contributed by atoms with Crippen molar-refractivity contribution in [3.63, 3.8) is 0 Å². The average molecular weight is 330 g/mol. The van der Waals surface area contributed by atoms with Gasteiger partial charge in [-0.15, -0.1) is 0 Å². The predicted octanol–water partition coefficient (Wildman–Crippen LogP) is 4.42. The molecule has 1 atom stereocenters. The molecule has 1 unspecified atom stereocenters. The number of ketones is 1. The maximum atomic E-state index is 12.9. The molecule has 0 radical (unpaired) electrons. The van der Waals surface area contributed by atoms with Gasteiger partial charge < -0.3 is 9.84 Å². The molecule has 0 aliphatic heterocycles. The summed E-state index contributed by atoms with van der Waals surface area (Å²) in [7, 11) is 0. The molecule has 0 heterocycles. The molecule has 1 aliphatic carbocycles. The number of hydrogen-bond acceptors (Lipinski definition) is 4. The Labute approximate surface area is 143 Å². The van der Waals surface area contributed by atoms with Crippen molar-refractivity contribution in [2.45, 2.75) is 58.5 Å². The number of allylic oxidation sites excluding steroid dienone is 1. The summed E-state index contributed by atoms with van der Waals surface area (Å²) in [5.41, 5.74) is 0.612. The highest BCUT2D eigenvalue weighted by Crippen LogP contribution is 2.28. The summed E-state index contributed by atoms with van der Waals surface area (Å²) in [6, 6.07) is 6.31. The van der Waals surface area contributed by atoms with E-state index in [0.29, 0.717) is 0 Å². The second kappa shape index (κ2) is 7.65. The van der Waals surface area contributed by atoms with Crippen LogP contribution in [0.25, 0.3) is 0 Å². The van der Waals surface area contributed by atoms with Crippen LogP contribution in [0.15, 0.2) is 35.9 Å². The number of phenols is 1. The van der Waals surface area contributed by atoms with Crippen molar-refractivity contribution in [2.75, 3.05) is 0 Å². The first-order valence-electron chi connectivity index (χ1n) is 8.52. The summed E-state index contributed by atoms with van der Waals surface area (Å²) in [5, 5.41) is 9.96. The largest absolute Gasteiger partial charge is 0.507 e. The lowest BCUT2D eigenvalue weighted by molar-refractivity contribution is -0.156. The van der Waals surface area contributed by atoms with E-state index in [9.17, 15) is 14.7 Å². The van der Waals surface area contributed by atoms with Crippen LogP contribution >= 0.6 is 0 Å². The van der Waals surface area contributed by atoms with Crippen LogP contribution in [0.2, 0.25) is 0 Å². The van der Waals surface area contributed by atoms with E-state index in [1.165, 1.54) is 18.6 Å². The molecule has 1 saturated carbocycles. The minimum absolute atomic E-state index is 0.113. The number of benzene rings is 1. The van der Waals surface area contributed by atoms with E-state index in [-0.39, 0.29) is 11.3 Å². The number of carbonyl (C=O) groups excluding carboxylic acids is 2. The Morgan fingerprint density at radius 2 is 1.75 bits per heavy atom. The zero-order valence-electron chi connectivity index (χ0n) is 14.7. The van der Waals surface area contributed by atoms with Gasteiger partial charge in [0.05, 0.1) is 5.56 Å². The lowest BCUT2D eigenvalue weighted by Gasteiger charge is -2.23. The molecule has 1 N–H and O–H groups in total. The van der Waals surface area contributed by atoms with Gasteiger partial charge in [0.15, 0.2) is 5.78 Å². The molecule has 1 aliphatic rings. The quantitative estimate of drug-likeness (QED) is 0.384. The zero-order valence-corrected chi connectivity index (χ0v) is 14.7. The van der Waals surface area contributed by atoms with E-state index in [1.54, 1.807) is 39.0 Å². The van der Waals surface area contributed by atoms with Gasteiger partial charge in [0, 0.05) is 0 Å². The number of phenolic OH excluding ortho intramolecular Hbond substituents is 1. The van der Waals surface area contributed by atoms with Gasteiger partial charge in [-0.3, -0.25) is 9.59 Å². The minimum atomic E-state index is -1.01. The molecule has 4 heteroatoms. The lowest BCUT2D eigenvalue weighted by atomic mass is 9.88. The Kier molecular flexibility index (Phi) is 5.81. The van der Waals surface area contributed by atoms with E-state index in [1.807, 2.05) is 0 Å². The Morgan fingerprint density at radius 1 is 1.12 bits per heavy atom. The summed E-state index contributed by atoms with van der Waals surface area (Å²) in [6.45, 7) is 5.33. The number of ether oxygens (including phenoxy) is 1. The van der Waals surface area contributed by atoms with Crippen LogP contribution in [0.3, 0.4) is 0 Å². The van der Waals surface area contributed by atoms with Crippen molar-refractivity contribution in [1.29, 1.82) is 0 Å². The zero-order chi connectivity index (χ0) is 17.7. The van der Waals surface area contributed by atoms with E-state index >= 15 is 0 Å². The molecular formula is C20H26O4. The molecule has 0 spiro atoms. The Morgan fingerprint density at radius 3 is 2.33 bits per heavy atom. The first kappa shape index (κ1) is 18.2. The molecule has 0 bridgehead atoms. The minimum Gasteiger partial charge on any atom is -0.507 e. The topological polar surface area (TPSA) is 63.6 Å². The smallest absolute Gasteiger partial charge is 0.321 e. The number of aromatic hydroxyl groups is 1. The third-order valence-corrected chi connectivity index (χ3v) is 4.01. The van der Waals surface area contributed by atoms with Gasteiger partial charge in [-0.2, -0.15) is 0 Å². The fourth-order valence-electron chi connectivity index (χ4n) is 2.87. The third-order valence-electron chi connectivity index (χ3n) is 4.01. The van der Waals surface area contributed by atoms with Crippen molar-refractivity contribution in [3.05, 3.63) is 41.5 Å². The molecule has 2 rings (SSSR count). The number of carbonyl (C=O) groups is 2. The van der Waals surface area contributed by atoms with Crippen LogP contribution in [-0.4, -0.2) is 22.5 Å². The van der Waals surface area contributed by atoms with E-state index < -0.39 is 23.3 Å². The monoisotopic (exact) mass is 330 g/mol. The van der Waals surface area contributed by atoms with E-state index in [0.717, 1.165) is 31.3 Å². The maximum absolute atomic E-state index is 12.9. The Bertz CT molecular complexity index is 629. The molecule has 130 valence electrons. The Hall–Kier alpha value is -2.10. The van der Waals surface area contributed by atoms with Crippen LogP contribution < -0.4 is 0 Å². The number of hydrogen-bond donors (Lipinski definition) is 1. The first-order chi connectivity index (χ1) is 11.3. The van der Waals surface area contributed by atoms with Gasteiger partial charge in [-0.25, -0.2) is 0 Å². The van der Waals surface area contributed by atoms with Crippen molar-refractivity contribution in [3.8, 4) is 5.75 Å². The highest BCUT2D eigenvalue weighted by Gasteiger charge is 2.32. The van der Waals surface area contributed by atoms with Crippen molar-refractivity contribution in [2.24, 2.45) is 5.92 Å². The third kappa shape index (κ3) is 4.95. The second-order valence-corrected chi connectivity index (χ2v) is 7.28. The number of Topliss-reactive ketones (excluding diaryl/α,β-unsaturated/α-hetero) is 1. The predicted molar refractivity (Wildman–Crippen MR) is 92.9 cm³/mol. The van der Waals surface area contributed by atoms with Gasteiger partial charge in [-0.1, -0.05) is 30.2 Å². The summed E-state index contributed by atoms with van der Waals surface area (Å²) in [4.78, 5) is 25.5. The molecule has 0 amide bonds. The highest BCUT2D eigenvalue weighted by molar-refractivity contribution is 6.11.